The quantitative estimate of drug-likeness (QED) is 0.817. The molecule has 0 atom stereocenters. The second kappa shape index (κ2) is 4.17. The molecule has 2 rings (SSSR count). The Bertz CT molecular complexity index is 471. The van der Waals surface area contributed by atoms with E-state index in [0.29, 0.717) is 0 Å². The molecule has 0 unspecified atom stereocenters. The number of hydrogen-bond donors (Lipinski definition) is 1. The molecule has 2 aromatic rings. The van der Waals surface area contributed by atoms with E-state index in [2.05, 4.69) is 38.1 Å². The molecular formula is C13H14OS. The van der Waals surface area contributed by atoms with Crippen LogP contribution in [0.5, 0.6) is 0 Å². The van der Waals surface area contributed by atoms with Crippen molar-refractivity contribution in [2.45, 2.75) is 20.5 Å². The van der Waals surface area contributed by atoms with E-state index in [4.69, 9.17) is 5.11 Å². The van der Waals surface area contributed by atoms with Crippen LogP contribution in [0.3, 0.4) is 0 Å². The summed E-state index contributed by atoms with van der Waals surface area (Å²) in [7, 11) is 0. The highest BCUT2D eigenvalue weighted by Gasteiger charge is 2.03. The smallest absolute Gasteiger partial charge is 0.0682 e. The van der Waals surface area contributed by atoms with E-state index < -0.39 is 0 Å². The number of thiophene rings is 1. The zero-order chi connectivity index (χ0) is 10.8. The average molecular weight is 218 g/mol. The lowest BCUT2D eigenvalue weighted by molar-refractivity contribution is 0.282. The molecule has 0 spiro atoms. The molecule has 0 bridgehead atoms. The van der Waals surface area contributed by atoms with Crippen molar-refractivity contribution < 1.29 is 5.11 Å². The van der Waals surface area contributed by atoms with Crippen LogP contribution in [0.1, 0.15) is 16.0 Å². The molecule has 0 saturated carbocycles. The lowest BCUT2D eigenvalue weighted by Gasteiger charge is -2.03. The van der Waals surface area contributed by atoms with Gasteiger partial charge in [0.2, 0.25) is 0 Å². The molecule has 0 fully saturated rings. The van der Waals surface area contributed by atoms with Crippen LogP contribution in [-0.4, -0.2) is 5.11 Å². The predicted octanol–water partition coefficient (Wildman–Crippen LogP) is 3.52. The van der Waals surface area contributed by atoms with Crippen molar-refractivity contribution in [1.29, 1.82) is 0 Å². The van der Waals surface area contributed by atoms with Crippen molar-refractivity contribution >= 4 is 11.3 Å². The van der Waals surface area contributed by atoms with E-state index in [0.717, 1.165) is 5.56 Å². The largest absolute Gasteiger partial charge is 0.392 e. The van der Waals surface area contributed by atoms with Gasteiger partial charge in [0.1, 0.15) is 0 Å². The third kappa shape index (κ3) is 2.28. The highest BCUT2D eigenvalue weighted by Crippen LogP contribution is 2.29. The fourth-order valence-corrected chi connectivity index (χ4v) is 2.54. The minimum Gasteiger partial charge on any atom is -0.392 e. The van der Waals surface area contributed by atoms with Crippen molar-refractivity contribution in [2.75, 3.05) is 0 Å². The predicted molar refractivity (Wildman–Crippen MR) is 65.2 cm³/mol. The monoisotopic (exact) mass is 218 g/mol. The summed E-state index contributed by atoms with van der Waals surface area (Å²) in [6, 6.07) is 10.5. The van der Waals surface area contributed by atoms with Gasteiger partial charge in [-0.3, -0.25) is 0 Å². The number of aliphatic hydroxyl groups excluding tert-OH is 1. The van der Waals surface area contributed by atoms with E-state index >= 15 is 0 Å². The van der Waals surface area contributed by atoms with Gasteiger partial charge in [0, 0.05) is 9.75 Å². The molecule has 0 aliphatic rings. The minimum atomic E-state index is 0.110. The van der Waals surface area contributed by atoms with E-state index in [1.807, 2.05) is 6.07 Å². The lowest BCUT2D eigenvalue weighted by atomic mass is 10.1. The van der Waals surface area contributed by atoms with Crippen LogP contribution in [0.2, 0.25) is 0 Å². The Hall–Kier alpha value is -1.12. The zero-order valence-electron chi connectivity index (χ0n) is 8.95. The van der Waals surface area contributed by atoms with Gasteiger partial charge in [-0.2, -0.15) is 0 Å². The zero-order valence-corrected chi connectivity index (χ0v) is 9.77. The molecule has 1 aromatic carbocycles. The first-order valence-electron chi connectivity index (χ1n) is 4.97. The van der Waals surface area contributed by atoms with Gasteiger partial charge in [-0.25, -0.2) is 0 Å². The minimum absolute atomic E-state index is 0.110. The normalized spacial score (nSPS) is 10.6. The maximum Gasteiger partial charge on any atom is 0.0682 e. The summed E-state index contributed by atoms with van der Waals surface area (Å²) >= 11 is 1.79. The van der Waals surface area contributed by atoms with Crippen LogP contribution in [0.4, 0.5) is 0 Å². The Balaban J connectivity index is 2.48. The number of hydrogen-bond acceptors (Lipinski definition) is 2. The van der Waals surface area contributed by atoms with Crippen LogP contribution >= 0.6 is 11.3 Å². The third-order valence-corrected chi connectivity index (χ3v) is 3.39. The average Bonchev–Trinajstić information content (AvgIpc) is 2.64. The van der Waals surface area contributed by atoms with Crippen LogP contribution in [0.25, 0.3) is 10.4 Å². The summed E-state index contributed by atoms with van der Waals surface area (Å²) in [4.78, 5) is 2.59. The van der Waals surface area contributed by atoms with Crippen molar-refractivity contribution in [3.8, 4) is 10.4 Å². The fourth-order valence-electron chi connectivity index (χ4n) is 1.69. The standard InChI is InChI=1S/C13H14OS/c1-9-5-11(8-14)7-12(6-9)13-4-3-10(2)15-13/h3-7,14H,8H2,1-2H3. The Morgan fingerprint density at radius 2 is 1.93 bits per heavy atom. The molecule has 0 aliphatic carbocycles. The summed E-state index contributed by atoms with van der Waals surface area (Å²) < 4.78 is 0. The molecule has 1 N–H and O–H groups in total. The van der Waals surface area contributed by atoms with Gasteiger partial charge >= 0.3 is 0 Å². The second-order valence-electron chi connectivity index (χ2n) is 3.78. The van der Waals surface area contributed by atoms with Gasteiger partial charge < -0.3 is 5.11 Å². The molecule has 0 saturated heterocycles. The second-order valence-corrected chi connectivity index (χ2v) is 5.06. The first-order chi connectivity index (χ1) is 7.19. The van der Waals surface area contributed by atoms with Gasteiger partial charge in [0.05, 0.1) is 6.61 Å². The lowest BCUT2D eigenvalue weighted by Crippen LogP contribution is -1.85. The topological polar surface area (TPSA) is 20.2 Å². The molecule has 1 aromatic heterocycles. The summed E-state index contributed by atoms with van der Waals surface area (Å²) in [6.45, 7) is 4.28. The highest BCUT2D eigenvalue weighted by molar-refractivity contribution is 7.15. The van der Waals surface area contributed by atoms with Crippen molar-refractivity contribution in [1.82, 2.24) is 0 Å². The molecule has 1 nitrogen and oxygen atoms in total. The third-order valence-electron chi connectivity index (χ3n) is 2.34. The van der Waals surface area contributed by atoms with E-state index in [-0.39, 0.29) is 6.61 Å². The Morgan fingerprint density at radius 1 is 1.13 bits per heavy atom. The van der Waals surface area contributed by atoms with Gasteiger partial charge in [-0.1, -0.05) is 17.7 Å². The highest BCUT2D eigenvalue weighted by atomic mass is 32.1. The molecule has 0 amide bonds. The number of aliphatic hydroxyl groups is 1. The molecular weight excluding hydrogens is 204 g/mol. The Kier molecular flexibility index (Phi) is 2.89. The van der Waals surface area contributed by atoms with Crippen molar-refractivity contribution in [2.24, 2.45) is 0 Å². The number of benzene rings is 1. The van der Waals surface area contributed by atoms with Crippen LogP contribution in [-0.2, 0) is 6.61 Å². The SMILES string of the molecule is Cc1cc(CO)cc(-c2ccc(C)s2)c1. The molecule has 1 heterocycles. The van der Waals surface area contributed by atoms with Crippen LogP contribution in [0, 0.1) is 13.8 Å². The molecule has 0 radical (unpaired) electrons. The molecule has 2 heteroatoms. The van der Waals surface area contributed by atoms with Crippen molar-refractivity contribution in [3.05, 3.63) is 46.3 Å². The first-order valence-corrected chi connectivity index (χ1v) is 5.79. The van der Waals surface area contributed by atoms with Gasteiger partial charge in [0.15, 0.2) is 0 Å². The Labute approximate surface area is 94.0 Å². The van der Waals surface area contributed by atoms with Crippen molar-refractivity contribution in [3.63, 3.8) is 0 Å². The maximum atomic E-state index is 9.14. The van der Waals surface area contributed by atoms with Gasteiger partial charge in [0.25, 0.3) is 0 Å². The molecule has 0 aliphatic heterocycles. The maximum absolute atomic E-state index is 9.14. The van der Waals surface area contributed by atoms with E-state index in [9.17, 15) is 0 Å². The van der Waals surface area contributed by atoms with Crippen LogP contribution < -0.4 is 0 Å². The van der Waals surface area contributed by atoms with Gasteiger partial charge in [-0.05, 0) is 43.2 Å². The van der Waals surface area contributed by atoms with Crippen LogP contribution in [0.15, 0.2) is 30.3 Å². The summed E-state index contributed by atoms with van der Waals surface area (Å²) in [5.41, 5.74) is 3.39. The first kappa shape index (κ1) is 10.4. The Morgan fingerprint density at radius 3 is 2.53 bits per heavy atom. The van der Waals surface area contributed by atoms with Gasteiger partial charge in [-0.15, -0.1) is 11.3 Å². The molecule has 15 heavy (non-hydrogen) atoms. The summed E-state index contributed by atoms with van der Waals surface area (Å²) in [5.74, 6) is 0. The van der Waals surface area contributed by atoms with E-state index in [1.165, 1.54) is 20.9 Å². The summed E-state index contributed by atoms with van der Waals surface area (Å²) in [6.07, 6.45) is 0. The fraction of sp³-hybridized carbons (Fsp3) is 0.231. The number of aryl methyl sites for hydroxylation is 2. The summed E-state index contributed by atoms with van der Waals surface area (Å²) in [5, 5.41) is 9.14. The number of rotatable bonds is 2. The molecule has 78 valence electrons. The van der Waals surface area contributed by atoms with E-state index in [1.54, 1.807) is 11.3 Å².